The standard InChI is InChI=1S/C19H18BrNO/c1-21(2)12-14-11-18(13-6-5-7-15(20)10-13)16-8-3-4-9-17(16)19(14)22/h3-10,12,18H,11H2,1-2H3/b14-12+. The van der Waals surface area contributed by atoms with Crippen molar-refractivity contribution in [3.63, 3.8) is 0 Å². The third-order valence-corrected chi connectivity index (χ3v) is 4.45. The molecule has 112 valence electrons. The molecule has 0 saturated carbocycles. The van der Waals surface area contributed by atoms with Crippen LogP contribution in [0.1, 0.15) is 33.8 Å². The van der Waals surface area contributed by atoms with E-state index in [9.17, 15) is 4.79 Å². The summed E-state index contributed by atoms with van der Waals surface area (Å²) in [5, 5.41) is 0. The second-order valence-corrected chi connectivity index (χ2v) is 6.76. The first-order valence-electron chi connectivity index (χ1n) is 7.32. The van der Waals surface area contributed by atoms with Gasteiger partial charge in [0.15, 0.2) is 5.78 Å². The van der Waals surface area contributed by atoms with Gasteiger partial charge >= 0.3 is 0 Å². The summed E-state index contributed by atoms with van der Waals surface area (Å²) in [6.45, 7) is 0. The molecule has 22 heavy (non-hydrogen) atoms. The fourth-order valence-electron chi connectivity index (χ4n) is 3.05. The minimum Gasteiger partial charge on any atom is -0.383 e. The molecule has 0 aromatic heterocycles. The van der Waals surface area contributed by atoms with Crippen molar-refractivity contribution < 1.29 is 4.79 Å². The Kier molecular flexibility index (Phi) is 4.16. The van der Waals surface area contributed by atoms with Gasteiger partial charge in [0.05, 0.1) is 0 Å². The first-order valence-corrected chi connectivity index (χ1v) is 8.12. The summed E-state index contributed by atoms with van der Waals surface area (Å²) >= 11 is 3.55. The minimum absolute atomic E-state index is 0.149. The van der Waals surface area contributed by atoms with Crippen LogP contribution in [-0.4, -0.2) is 24.8 Å². The lowest BCUT2D eigenvalue weighted by molar-refractivity contribution is 0.102. The van der Waals surface area contributed by atoms with Crippen LogP contribution < -0.4 is 0 Å². The quantitative estimate of drug-likeness (QED) is 0.733. The number of benzene rings is 2. The zero-order valence-electron chi connectivity index (χ0n) is 12.7. The summed E-state index contributed by atoms with van der Waals surface area (Å²) in [4.78, 5) is 14.6. The van der Waals surface area contributed by atoms with E-state index in [-0.39, 0.29) is 11.7 Å². The van der Waals surface area contributed by atoms with E-state index in [1.165, 1.54) is 5.56 Å². The number of carbonyl (C=O) groups excluding carboxylic acids is 1. The number of nitrogens with zero attached hydrogens (tertiary/aromatic N) is 1. The maximum Gasteiger partial charge on any atom is 0.190 e. The Labute approximate surface area is 139 Å². The Balaban J connectivity index is 2.14. The van der Waals surface area contributed by atoms with Gasteiger partial charge in [-0.1, -0.05) is 52.3 Å². The van der Waals surface area contributed by atoms with Crippen LogP contribution in [0.4, 0.5) is 0 Å². The first kappa shape index (κ1) is 15.0. The number of halogens is 1. The molecule has 1 aliphatic rings. The summed E-state index contributed by atoms with van der Waals surface area (Å²) < 4.78 is 1.07. The van der Waals surface area contributed by atoms with E-state index in [1.54, 1.807) is 0 Å². The third-order valence-electron chi connectivity index (χ3n) is 3.96. The van der Waals surface area contributed by atoms with Crippen molar-refractivity contribution in [2.24, 2.45) is 0 Å². The highest BCUT2D eigenvalue weighted by Gasteiger charge is 2.30. The number of fused-ring (bicyclic) bond motifs is 1. The van der Waals surface area contributed by atoms with Gasteiger partial charge in [-0.2, -0.15) is 0 Å². The van der Waals surface area contributed by atoms with Crippen LogP contribution in [0.5, 0.6) is 0 Å². The van der Waals surface area contributed by atoms with Crippen LogP contribution >= 0.6 is 15.9 Å². The van der Waals surface area contributed by atoms with E-state index < -0.39 is 0 Å². The molecule has 1 unspecified atom stereocenters. The van der Waals surface area contributed by atoms with Gasteiger partial charge in [0.1, 0.15) is 0 Å². The molecule has 0 radical (unpaired) electrons. The van der Waals surface area contributed by atoms with Gasteiger partial charge in [-0.3, -0.25) is 4.79 Å². The molecule has 0 aliphatic heterocycles. The molecule has 1 aliphatic carbocycles. The third kappa shape index (κ3) is 2.86. The van der Waals surface area contributed by atoms with Crippen LogP contribution in [0.15, 0.2) is 64.8 Å². The van der Waals surface area contributed by atoms with Crippen molar-refractivity contribution in [3.05, 3.63) is 81.5 Å². The smallest absolute Gasteiger partial charge is 0.190 e. The molecule has 2 nitrogen and oxygen atoms in total. The van der Waals surface area contributed by atoms with Gasteiger partial charge in [0.2, 0.25) is 0 Å². The van der Waals surface area contributed by atoms with Crippen molar-refractivity contribution in [2.45, 2.75) is 12.3 Å². The van der Waals surface area contributed by atoms with Crippen LogP contribution in [0.25, 0.3) is 0 Å². The molecule has 3 rings (SSSR count). The maximum atomic E-state index is 12.7. The number of rotatable bonds is 2. The molecule has 0 saturated heterocycles. The molecule has 0 spiro atoms. The second-order valence-electron chi connectivity index (χ2n) is 5.85. The van der Waals surface area contributed by atoms with Gasteiger partial charge in [0.25, 0.3) is 0 Å². The first-order chi connectivity index (χ1) is 10.6. The molecule has 0 amide bonds. The minimum atomic E-state index is 0.149. The molecule has 0 bridgehead atoms. The SMILES string of the molecule is CN(C)/C=C1\CC(c2cccc(Br)c2)c2ccccc2C1=O. The fourth-order valence-corrected chi connectivity index (χ4v) is 3.46. The van der Waals surface area contributed by atoms with Crippen LogP contribution in [0.3, 0.4) is 0 Å². The Morgan fingerprint density at radius 3 is 2.64 bits per heavy atom. The molecule has 2 aromatic rings. The summed E-state index contributed by atoms with van der Waals surface area (Å²) in [6, 6.07) is 16.3. The largest absolute Gasteiger partial charge is 0.383 e. The van der Waals surface area contributed by atoms with Crippen LogP contribution in [-0.2, 0) is 0 Å². The van der Waals surface area contributed by atoms with Crippen molar-refractivity contribution >= 4 is 21.7 Å². The number of allylic oxidation sites excluding steroid dienone is 1. The lowest BCUT2D eigenvalue weighted by atomic mass is 9.76. The average molecular weight is 356 g/mol. The number of Topliss-reactive ketones (excluding diaryl/α,β-unsaturated/α-hetero) is 1. The lowest BCUT2D eigenvalue weighted by Gasteiger charge is -2.27. The van der Waals surface area contributed by atoms with Gasteiger partial charge in [-0.05, 0) is 29.7 Å². The second kappa shape index (κ2) is 6.09. The number of carbonyl (C=O) groups is 1. The predicted molar refractivity (Wildman–Crippen MR) is 93.1 cm³/mol. The van der Waals surface area contributed by atoms with E-state index >= 15 is 0 Å². The molecule has 0 N–H and O–H groups in total. The number of hydrogen-bond acceptors (Lipinski definition) is 2. The van der Waals surface area contributed by atoms with Crippen molar-refractivity contribution in [3.8, 4) is 0 Å². The Bertz CT molecular complexity index is 749. The van der Waals surface area contributed by atoms with Crippen molar-refractivity contribution in [1.82, 2.24) is 4.90 Å². The van der Waals surface area contributed by atoms with E-state index in [2.05, 4.69) is 34.1 Å². The van der Waals surface area contributed by atoms with E-state index in [4.69, 9.17) is 0 Å². The van der Waals surface area contributed by atoms with Crippen molar-refractivity contribution in [2.75, 3.05) is 14.1 Å². The Hall–Kier alpha value is -1.87. The molecule has 3 heteroatoms. The normalized spacial score (nSPS) is 19.1. The highest BCUT2D eigenvalue weighted by atomic mass is 79.9. The van der Waals surface area contributed by atoms with Crippen LogP contribution in [0, 0.1) is 0 Å². The predicted octanol–water partition coefficient (Wildman–Crippen LogP) is 4.61. The lowest BCUT2D eigenvalue weighted by Crippen LogP contribution is -2.21. The van der Waals surface area contributed by atoms with Crippen LogP contribution in [0.2, 0.25) is 0 Å². The highest BCUT2D eigenvalue weighted by Crippen LogP contribution is 2.39. The fraction of sp³-hybridized carbons (Fsp3) is 0.211. The zero-order valence-corrected chi connectivity index (χ0v) is 14.3. The van der Waals surface area contributed by atoms with Gasteiger partial charge in [-0.25, -0.2) is 0 Å². The molecular formula is C19H18BrNO. The van der Waals surface area contributed by atoms with Crippen molar-refractivity contribution in [1.29, 1.82) is 0 Å². The van der Waals surface area contributed by atoms with E-state index in [1.807, 2.05) is 55.5 Å². The molecule has 0 fully saturated rings. The summed E-state index contributed by atoms with van der Waals surface area (Å²) in [5.41, 5.74) is 4.06. The Morgan fingerprint density at radius 2 is 1.91 bits per heavy atom. The average Bonchev–Trinajstić information content (AvgIpc) is 2.50. The number of ketones is 1. The monoisotopic (exact) mass is 355 g/mol. The molecular weight excluding hydrogens is 338 g/mol. The highest BCUT2D eigenvalue weighted by molar-refractivity contribution is 9.10. The van der Waals surface area contributed by atoms with Gasteiger partial charge in [0, 0.05) is 41.8 Å². The summed E-state index contributed by atoms with van der Waals surface area (Å²) in [5.74, 6) is 0.369. The summed E-state index contributed by atoms with van der Waals surface area (Å²) in [7, 11) is 3.91. The molecule has 2 aromatic carbocycles. The maximum absolute atomic E-state index is 12.7. The topological polar surface area (TPSA) is 20.3 Å². The number of hydrogen-bond donors (Lipinski definition) is 0. The zero-order chi connectivity index (χ0) is 15.7. The summed E-state index contributed by atoms with van der Waals surface area (Å²) in [6.07, 6.45) is 2.69. The molecule has 1 atom stereocenters. The van der Waals surface area contributed by atoms with Gasteiger partial charge in [-0.15, -0.1) is 0 Å². The Morgan fingerprint density at radius 1 is 1.14 bits per heavy atom. The van der Waals surface area contributed by atoms with E-state index in [0.717, 1.165) is 27.6 Å². The van der Waals surface area contributed by atoms with E-state index in [0.29, 0.717) is 0 Å². The molecule has 0 heterocycles. The van der Waals surface area contributed by atoms with Gasteiger partial charge < -0.3 is 4.90 Å².